The van der Waals surface area contributed by atoms with Crippen LogP contribution in [0, 0.1) is 0 Å². The minimum Gasteiger partial charge on any atom is -0.497 e. The van der Waals surface area contributed by atoms with Crippen LogP contribution in [0.4, 0.5) is 0 Å². The first-order valence-corrected chi connectivity index (χ1v) is 11.7. The zero-order valence-electron chi connectivity index (χ0n) is 16.7. The zero-order valence-corrected chi connectivity index (χ0v) is 17.7. The number of methoxy groups -OCH3 is 1. The fourth-order valence-electron chi connectivity index (χ4n) is 2.25. The molecule has 142 valence electrons. The van der Waals surface area contributed by atoms with E-state index in [-0.39, 0.29) is 11.1 Å². The lowest BCUT2D eigenvalue weighted by Gasteiger charge is -2.42. The number of benzene rings is 1. The maximum atomic E-state index is 10.6. The van der Waals surface area contributed by atoms with E-state index >= 15 is 0 Å². The molecule has 0 spiro atoms. The van der Waals surface area contributed by atoms with Crippen LogP contribution in [0.1, 0.15) is 34.1 Å². The SMILES string of the molecule is C=CC[C@@H](O)[C@@H](O[Si](C)(C)C(C)(C)C)[C@H](C)Oc1ccc(OC)cc1. The van der Waals surface area contributed by atoms with Crippen molar-refractivity contribution in [3.05, 3.63) is 36.9 Å². The van der Waals surface area contributed by atoms with Crippen molar-refractivity contribution in [2.45, 2.75) is 70.6 Å². The Morgan fingerprint density at radius 1 is 1.16 bits per heavy atom. The van der Waals surface area contributed by atoms with Crippen LogP contribution >= 0.6 is 0 Å². The van der Waals surface area contributed by atoms with Crippen LogP contribution in [0.25, 0.3) is 0 Å². The summed E-state index contributed by atoms with van der Waals surface area (Å²) in [6, 6.07) is 7.43. The van der Waals surface area contributed by atoms with Crippen molar-refractivity contribution in [1.29, 1.82) is 0 Å². The molecule has 4 nitrogen and oxygen atoms in total. The molecule has 0 radical (unpaired) electrons. The standard InChI is InChI=1S/C20H34O4Si/c1-9-10-18(21)19(24-25(7,8)20(3,4)5)15(2)23-17-13-11-16(22-6)12-14-17/h9,11-15,18-19,21H,1,10H2,2-8H3/t15-,18+,19-/m0/s1. The molecule has 0 aliphatic heterocycles. The number of hydrogen-bond acceptors (Lipinski definition) is 4. The molecule has 1 N–H and O–H groups in total. The molecule has 0 amide bonds. The van der Waals surface area contributed by atoms with Gasteiger partial charge in [-0.15, -0.1) is 6.58 Å². The Kier molecular flexibility index (Phi) is 7.72. The van der Waals surface area contributed by atoms with Crippen molar-refractivity contribution in [1.82, 2.24) is 0 Å². The van der Waals surface area contributed by atoms with E-state index in [1.165, 1.54) is 0 Å². The second-order valence-corrected chi connectivity index (χ2v) is 12.7. The number of hydrogen-bond donors (Lipinski definition) is 1. The van der Waals surface area contributed by atoms with Gasteiger partial charge in [0.15, 0.2) is 8.32 Å². The highest BCUT2D eigenvalue weighted by Gasteiger charge is 2.42. The molecule has 0 aliphatic carbocycles. The van der Waals surface area contributed by atoms with E-state index in [0.29, 0.717) is 6.42 Å². The predicted molar refractivity (Wildman–Crippen MR) is 106 cm³/mol. The monoisotopic (exact) mass is 366 g/mol. The van der Waals surface area contributed by atoms with Gasteiger partial charge in [-0.1, -0.05) is 26.8 Å². The van der Waals surface area contributed by atoms with Gasteiger partial charge in [-0.2, -0.15) is 0 Å². The lowest BCUT2D eigenvalue weighted by atomic mass is 10.1. The van der Waals surface area contributed by atoms with Crippen molar-refractivity contribution >= 4 is 8.32 Å². The van der Waals surface area contributed by atoms with E-state index in [1.807, 2.05) is 31.2 Å². The minimum absolute atomic E-state index is 0.0545. The molecule has 5 heteroatoms. The van der Waals surface area contributed by atoms with Gasteiger partial charge in [0.2, 0.25) is 0 Å². The first-order chi connectivity index (χ1) is 11.5. The van der Waals surface area contributed by atoms with Crippen LogP contribution in [0.15, 0.2) is 36.9 Å². The Hall–Kier alpha value is -1.30. The average molecular weight is 367 g/mol. The fraction of sp³-hybridized carbons (Fsp3) is 0.600. The highest BCUT2D eigenvalue weighted by molar-refractivity contribution is 6.74. The smallest absolute Gasteiger partial charge is 0.192 e. The Bertz CT molecular complexity index is 534. The van der Waals surface area contributed by atoms with Gasteiger partial charge in [-0.25, -0.2) is 0 Å². The van der Waals surface area contributed by atoms with Crippen molar-refractivity contribution < 1.29 is 19.0 Å². The molecule has 1 aromatic carbocycles. The second kappa shape index (κ2) is 8.88. The van der Waals surface area contributed by atoms with Gasteiger partial charge in [-0.3, -0.25) is 0 Å². The van der Waals surface area contributed by atoms with Gasteiger partial charge >= 0.3 is 0 Å². The summed E-state index contributed by atoms with van der Waals surface area (Å²) in [7, 11) is -0.417. The first kappa shape index (κ1) is 21.7. The summed E-state index contributed by atoms with van der Waals surface area (Å²) in [6.07, 6.45) is 0.820. The highest BCUT2D eigenvalue weighted by Crippen LogP contribution is 2.38. The summed E-state index contributed by atoms with van der Waals surface area (Å²) < 4.78 is 17.7. The molecule has 0 saturated carbocycles. The van der Waals surface area contributed by atoms with E-state index < -0.39 is 20.5 Å². The Balaban J connectivity index is 2.95. The molecule has 0 aliphatic rings. The van der Waals surface area contributed by atoms with Crippen LogP contribution in [0.2, 0.25) is 18.1 Å². The van der Waals surface area contributed by atoms with E-state index in [2.05, 4.69) is 40.4 Å². The largest absolute Gasteiger partial charge is 0.497 e. The molecule has 25 heavy (non-hydrogen) atoms. The van der Waals surface area contributed by atoms with Gasteiger partial charge in [-0.05, 0) is 55.7 Å². The second-order valence-electron chi connectivity index (χ2n) is 7.93. The van der Waals surface area contributed by atoms with Crippen LogP contribution in [0.5, 0.6) is 11.5 Å². The first-order valence-electron chi connectivity index (χ1n) is 8.79. The van der Waals surface area contributed by atoms with Gasteiger partial charge in [0.1, 0.15) is 23.7 Å². The van der Waals surface area contributed by atoms with Crippen LogP contribution in [0.3, 0.4) is 0 Å². The third-order valence-corrected chi connectivity index (χ3v) is 9.34. The van der Waals surface area contributed by atoms with Gasteiger partial charge < -0.3 is 19.0 Å². The number of aliphatic hydroxyl groups is 1. The maximum absolute atomic E-state index is 10.6. The number of rotatable bonds is 9. The summed E-state index contributed by atoms with van der Waals surface area (Å²) in [5.41, 5.74) is 0. The lowest BCUT2D eigenvalue weighted by Crippen LogP contribution is -2.51. The molecule has 0 heterocycles. The number of aliphatic hydroxyl groups excluding tert-OH is 1. The van der Waals surface area contributed by atoms with Crippen LogP contribution < -0.4 is 9.47 Å². The lowest BCUT2D eigenvalue weighted by molar-refractivity contribution is -0.0324. The van der Waals surface area contributed by atoms with E-state index in [9.17, 15) is 5.11 Å². The molecule has 0 saturated heterocycles. The van der Waals surface area contributed by atoms with E-state index in [4.69, 9.17) is 13.9 Å². The van der Waals surface area contributed by atoms with Gasteiger partial charge in [0, 0.05) is 0 Å². The molecule has 3 atom stereocenters. The zero-order chi connectivity index (χ0) is 19.3. The predicted octanol–water partition coefficient (Wildman–Crippen LogP) is 4.79. The summed E-state index contributed by atoms with van der Waals surface area (Å²) in [5, 5.41) is 10.6. The molecule has 1 rings (SSSR count). The Morgan fingerprint density at radius 2 is 1.68 bits per heavy atom. The summed E-state index contributed by atoms with van der Waals surface area (Å²) in [5.74, 6) is 1.50. The minimum atomic E-state index is -2.05. The van der Waals surface area contributed by atoms with Crippen molar-refractivity contribution in [3.63, 3.8) is 0 Å². The topological polar surface area (TPSA) is 47.9 Å². The Morgan fingerprint density at radius 3 is 2.12 bits per heavy atom. The Labute approximate surface area is 153 Å². The number of ether oxygens (including phenoxy) is 2. The third-order valence-electron chi connectivity index (χ3n) is 4.87. The summed E-state index contributed by atoms with van der Waals surface area (Å²) >= 11 is 0. The summed E-state index contributed by atoms with van der Waals surface area (Å²) in [4.78, 5) is 0. The third kappa shape index (κ3) is 6.17. The molecular formula is C20H34O4Si. The van der Waals surface area contributed by atoms with Crippen molar-refractivity contribution in [2.24, 2.45) is 0 Å². The molecule has 0 unspecified atom stereocenters. The molecular weight excluding hydrogens is 332 g/mol. The maximum Gasteiger partial charge on any atom is 0.192 e. The van der Waals surface area contributed by atoms with Crippen LogP contribution in [-0.4, -0.2) is 38.8 Å². The van der Waals surface area contributed by atoms with Gasteiger partial charge in [0.25, 0.3) is 0 Å². The molecule has 0 aromatic heterocycles. The molecule has 0 fully saturated rings. The highest BCUT2D eigenvalue weighted by atomic mass is 28.4. The average Bonchev–Trinajstić information content (AvgIpc) is 2.52. The van der Waals surface area contributed by atoms with Gasteiger partial charge in [0.05, 0.1) is 13.2 Å². The molecule has 1 aromatic rings. The molecule has 0 bridgehead atoms. The quantitative estimate of drug-likeness (QED) is 0.504. The van der Waals surface area contributed by atoms with Crippen molar-refractivity contribution in [3.8, 4) is 11.5 Å². The van der Waals surface area contributed by atoms with Crippen LogP contribution in [-0.2, 0) is 4.43 Å². The fourth-order valence-corrected chi connectivity index (χ4v) is 3.63. The van der Waals surface area contributed by atoms with E-state index in [1.54, 1.807) is 13.2 Å². The summed E-state index contributed by atoms with van der Waals surface area (Å²) in [6.45, 7) is 16.6. The van der Waals surface area contributed by atoms with E-state index in [0.717, 1.165) is 11.5 Å². The normalized spacial score (nSPS) is 16.0. The van der Waals surface area contributed by atoms with Crippen molar-refractivity contribution in [2.75, 3.05) is 7.11 Å².